The van der Waals surface area contributed by atoms with Crippen LogP contribution in [0.4, 0.5) is 26.3 Å². The molecule has 0 atom stereocenters. The fourth-order valence-corrected chi connectivity index (χ4v) is 5.28. The molecule has 3 aromatic heterocycles. The molecule has 12 heteroatoms. The number of nitrogens with zero attached hydrogens (tertiary/aromatic N) is 5. The Balaban J connectivity index is 1.74. The van der Waals surface area contributed by atoms with Crippen LogP contribution in [0, 0.1) is 5.92 Å². The number of fused-ring (bicyclic) bond motifs is 1. The van der Waals surface area contributed by atoms with E-state index >= 15 is 0 Å². The number of halogens is 6. The van der Waals surface area contributed by atoms with Crippen molar-refractivity contribution in [2.24, 2.45) is 20.0 Å². The smallest absolute Gasteiger partial charge is 0.325 e. The minimum Gasteiger partial charge on any atom is -0.325 e. The molecule has 180 valence electrons. The van der Waals surface area contributed by atoms with Crippen LogP contribution in [0.2, 0.25) is 0 Å². The average molecular weight is 492 g/mol. The fourth-order valence-electron chi connectivity index (χ4n) is 4.45. The largest absolute Gasteiger partial charge is 0.433 e. The highest BCUT2D eigenvalue weighted by molar-refractivity contribution is 7.99. The Morgan fingerprint density at radius 2 is 1.67 bits per heavy atom. The summed E-state index contributed by atoms with van der Waals surface area (Å²) < 4.78 is 82.0. The lowest BCUT2D eigenvalue weighted by molar-refractivity contribution is -0.182. The summed E-state index contributed by atoms with van der Waals surface area (Å²) in [4.78, 5) is 12.7. The van der Waals surface area contributed by atoms with Gasteiger partial charge in [-0.1, -0.05) is 6.92 Å². The maximum atomic E-state index is 13.1. The van der Waals surface area contributed by atoms with Crippen LogP contribution in [0.25, 0.3) is 22.6 Å². The molecule has 0 saturated heterocycles. The Kier molecular flexibility index (Phi) is 6.17. The van der Waals surface area contributed by atoms with Gasteiger partial charge in [0.2, 0.25) is 0 Å². The van der Waals surface area contributed by atoms with Crippen LogP contribution in [0.3, 0.4) is 0 Å². The number of alkyl halides is 6. The SMILES string of the molecule is CCSc1c(-c2nc3cc(C(F)(F)F)ncc3n2C)nc(C2CCC(C(F)(F)F)CC2)n1C. The van der Waals surface area contributed by atoms with Gasteiger partial charge in [-0.15, -0.1) is 11.8 Å². The van der Waals surface area contributed by atoms with Crippen LogP contribution in [0.5, 0.6) is 0 Å². The molecule has 0 radical (unpaired) electrons. The molecule has 1 aliphatic carbocycles. The average Bonchev–Trinajstić information content (AvgIpc) is 3.24. The molecule has 0 unspecified atom stereocenters. The third kappa shape index (κ3) is 4.45. The highest BCUT2D eigenvalue weighted by Crippen LogP contribution is 2.44. The molecular weight excluding hydrogens is 468 g/mol. The molecule has 3 aromatic rings. The second-order valence-electron chi connectivity index (χ2n) is 8.26. The molecule has 0 aliphatic heterocycles. The summed E-state index contributed by atoms with van der Waals surface area (Å²) in [5, 5.41) is 0.785. The summed E-state index contributed by atoms with van der Waals surface area (Å²) in [6.45, 7) is 1.96. The lowest BCUT2D eigenvalue weighted by atomic mass is 9.81. The van der Waals surface area contributed by atoms with Crippen molar-refractivity contribution in [1.82, 2.24) is 24.1 Å². The molecule has 4 rings (SSSR count). The highest BCUT2D eigenvalue weighted by Gasteiger charge is 2.42. The third-order valence-electron chi connectivity index (χ3n) is 6.18. The van der Waals surface area contributed by atoms with E-state index in [1.165, 1.54) is 11.8 Å². The van der Waals surface area contributed by atoms with Gasteiger partial charge in [0, 0.05) is 20.0 Å². The quantitative estimate of drug-likeness (QED) is 0.316. The number of imidazole rings is 2. The molecule has 1 aliphatic rings. The molecule has 0 N–H and O–H groups in total. The van der Waals surface area contributed by atoms with Gasteiger partial charge in [0.1, 0.15) is 22.2 Å². The number of hydrogen-bond donors (Lipinski definition) is 0. The Morgan fingerprint density at radius 3 is 2.24 bits per heavy atom. The third-order valence-corrected chi connectivity index (χ3v) is 7.21. The van der Waals surface area contributed by atoms with Crippen molar-refractivity contribution >= 4 is 22.8 Å². The van der Waals surface area contributed by atoms with Gasteiger partial charge in [0.05, 0.1) is 23.1 Å². The molecule has 0 bridgehead atoms. The zero-order valence-corrected chi connectivity index (χ0v) is 19.1. The predicted octanol–water partition coefficient (Wildman–Crippen LogP) is 6.34. The van der Waals surface area contributed by atoms with Gasteiger partial charge in [-0.3, -0.25) is 0 Å². The lowest BCUT2D eigenvalue weighted by Gasteiger charge is -2.29. The summed E-state index contributed by atoms with van der Waals surface area (Å²) >= 11 is 1.51. The molecule has 5 nitrogen and oxygen atoms in total. The van der Waals surface area contributed by atoms with Crippen LogP contribution < -0.4 is 0 Å². The van der Waals surface area contributed by atoms with Crippen molar-refractivity contribution in [2.75, 3.05) is 5.75 Å². The highest BCUT2D eigenvalue weighted by atomic mass is 32.2. The van der Waals surface area contributed by atoms with Crippen molar-refractivity contribution in [2.45, 2.75) is 55.9 Å². The molecule has 1 saturated carbocycles. The van der Waals surface area contributed by atoms with E-state index in [1.54, 1.807) is 11.6 Å². The summed E-state index contributed by atoms with van der Waals surface area (Å²) in [6, 6.07) is 0.910. The Morgan fingerprint density at radius 1 is 1.00 bits per heavy atom. The monoisotopic (exact) mass is 491 g/mol. The molecule has 3 heterocycles. The Labute approximate surface area is 190 Å². The minimum absolute atomic E-state index is 0.0603. The van der Waals surface area contributed by atoms with E-state index in [2.05, 4.69) is 9.97 Å². The van der Waals surface area contributed by atoms with Crippen molar-refractivity contribution < 1.29 is 26.3 Å². The topological polar surface area (TPSA) is 48.5 Å². The first-order valence-electron chi connectivity index (χ1n) is 10.6. The summed E-state index contributed by atoms with van der Waals surface area (Å²) in [5.41, 5.74) is 0.0824. The molecule has 33 heavy (non-hydrogen) atoms. The predicted molar refractivity (Wildman–Crippen MR) is 113 cm³/mol. The van der Waals surface area contributed by atoms with E-state index in [4.69, 9.17) is 4.98 Å². The van der Waals surface area contributed by atoms with Crippen LogP contribution >= 0.6 is 11.8 Å². The number of aryl methyl sites for hydroxylation is 1. The summed E-state index contributed by atoms with van der Waals surface area (Å²) in [5.74, 6) is 0.395. The van der Waals surface area contributed by atoms with Gasteiger partial charge in [-0.2, -0.15) is 26.3 Å². The standard InChI is InChI=1S/C21H23F6N5S/c1-4-33-19-16(18-29-13-9-15(21(25,26)27)28-10-14(13)31(18)2)30-17(32(19)3)11-5-7-12(8-6-11)20(22,23)24/h9-12H,4-8H2,1-3H3. The summed E-state index contributed by atoms with van der Waals surface area (Å²) in [7, 11) is 3.51. The second kappa shape index (κ2) is 8.52. The van der Waals surface area contributed by atoms with E-state index in [0.717, 1.165) is 23.0 Å². The van der Waals surface area contributed by atoms with Gasteiger partial charge in [-0.25, -0.2) is 15.0 Å². The molecular formula is C21H23F6N5S. The van der Waals surface area contributed by atoms with E-state index in [-0.39, 0.29) is 24.3 Å². The van der Waals surface area contributed by atoms with Crippen molar-refractivity contribution in [3.63, 3.8) is 0 Å². The van der Waals surface area contributed by atoms with Gasteiger partial charge < -0.3 is 9.13 Å². The van der Waals surface area contributed by atoms with Crippen molar-refractivity contribution in [3.8, 4) is 11.5 Å². The van der Waals surface area contributed by atoms with E-state index in [9.17, 15) is 26.3 Å². The lowest BCUT2D eigenvalue weighted by Crippen LogP contribution is -2.27. The van der Waals surface area contributed by atoms with Gasteiger partial charge in [-0.05, 0) is 37.5 Å². The first-order chi connectivity index (χ1) is 15.4. The van der Waals surface area contributed by atoms with Gasteiger partial charge in [0.15, 0.2) is 5.82 Å². The van der Waals surface area contributed by atoms with E-state index < -0.39 is 24.0 Å². The number of rotatable bonds is 4. The minimum atomic E-state index is -4.58. The van der Waals surface area contributed by atoms with Crippen molar-refractivity contribution in [3.05, 3.63) is 23.8 Å². The van der Waals surface area contributed by atoms with E-state index in [0.29, 0.717) is 35.7 Å². The second-order valence-corrected chi connectivity index (χ2v) is 9.51. The molecule has 0 aromatic carbocycles. The van der Waals surface area contributed by atoms with Crippen molar-refractivity contribution in [1.29, 1.82) is 0 Å². The van der Waals surface area contributed by atoms with Crippen LogP contribution in [0.1, 0.15) is 50.0 Å². The maximum absolute atomic E-state index is 13.1. The van der Waals surface area contributed by atoms with Crippen LogP contribution in [0.15, 0.2) is 17.3 Å². The molecule has 0 spiro atoms. The molecule has 1 fully saturated rings. The number of pyridine rings is 1. The normalized spacial score (nSPS) is 20.0. The Hall–Kier alpha value is -2.24. The first-order valence-corrected chi connectivity index (χ1v) is 11.6. The zero-order chi connectivity index (χ0) is 24.1. The van der Waals surface area contributed by atoms with Gasteiger partial charge in [0.25, 0.3) is 0 Å². The maximum Gasteiger partial charge on any atom is 0.433 e. The van der Waals surface area contributed by atoms with Crippen LogP contribution in [-0.4, -0.2) is 36.0 Å². The summed E-state index contributed by atoms with van der Waals surface area (Å²) in [6.07, 6.45) is -6.74. The first kappa shape index (κ1) is 23.9. The zero-order valence-electron chi connectivity index (χ0n) is 18.3. The van der Waals surface area contributed by atoms with E-state index in [1.807, 2.05) is 18.5 Å². The molecule has 0 amide bonds. The number of aromatic nitrogens is 5. The van der Waals surface area contributed by atoms with Gasteiger partial charge >= 0.3 is 12.4 Å². The fraction of sp³-hybridized carbons (Fsp3) is 0.571. The number of thioether (sulfide) groups is 1. The Bertz CT molecular complexity index is 1150. The number of hydrogen-bond acceptors (Lipinski definition) is 4. The van der Waals surface area contributed by atoms with Crippen LogP contribution in [-0.2, 0) is 20.3 Å².